The van der Waals surface area contributed by atoms with Gasteiger partial charge in [0.2, 0.25) is 0 Å². The molecule has 0 bridgehead atoms. The molecule has 1 aromatic rings. The molecule has 0 fully saturated rings. The minimum absolute atomic E-state index is 0.622. The van der Waals surface area contributed by atoms with Gasteiger partial charge in [-0.15, -0.1) is 0 Å². The zero-order valence-corrected chi connectivity index (χ0v) is 14.2. The third kappa shape index (κ3) is 5.69. The van der Waals surface area contributed by atoms with Gasteiger partial charge in [-0.1, -0.05) is 19.9 Å². The molecule has 1 rings (SSSR count). The van der Waals surface area contributed by atoms with Crippen molar-refractivity contribution in [3.63, 3.8) is 0 Å². The second-order valence-corrected chi connectivity index (χ2v) is 5.25. The fourth-order valence-corrected chi connectivity index (χ4v) is 2.38. The lowest BCUT2D eigenvalue weighted by atomic mass is 10.3. The highest BCUT2D eigenvalue weighted by molar-refractivity contribution is 9.10. The maximum absolute atomic E-state index is 5.77. The van der Waals surface area contributed by atoms with Gasteiger partial charge >= 0.3 is 0 Å². The van der Waals surface area contributed by atoms with E-state index in [2.05, 4.69) is 40.0 Å². The van der Waals surface area contributed by atoms with Crippen molar-refractivity contribution in [2.45, 2.75) is 13.8 Å². The van der Waals surface area contributed by atoms with E-state index in [0.717, 1.165) is 48.7 Å². The van der Waals surface area contributed by atoms with E-state index in [1.165, 1.54) is 0 Å². The number of nitrogens with one attached hydrogen (secondary N) is 1. The van der Waals surface area contributed by atoms with Crippen molar-refractivity contribution in [1.82, 2.24) is 10.2 Å². The molecule has 0 spiro atoms. The van der Waals surface area contributed by atoms with Gasteiger partial charge < -0.3 is 19.7 Å². The van der Waals surface area contributed by atoms with Crippen LogP contribution in [0.1, 0.15) is 13.8 Å². The van der Waals surface area contributed by atoms with E-state index in [9.17, 15) is 0 Å². The molecule has 0 unspecified atom stereocenters. The minimum atomic E-state index is 0.622. The number of ether oxygens (including phenoxy) is 2. The number of hydrogen-bond donors (Lipinski definition) is 1. The zero-order chi connectivity index (χ0) is 14.8. The monoisotopic (exact) mass is 344 g/mol. The van der Waals surface area contributed by atoms with Crippen molar-refractivity contribution in [1.29, 1.82) is 0 Å². The Morgan fingerprint density at radius 3 is 2.60 bits per heavy atom. The third-order valence-corrected chi connectivity index (χ3v) is 3.80. The van der Waals surface area contributed by atoms with Crippen molar-refractivity contribution in [3.8, 4) is 11.5 Å². The largest absolute Gasteiger partial charge is 0.493 e. The molecule has 1 N–H and O–H groups in total. The summed E-state index contributed by atoms with van der Waals surface area (Å²) in [5.41, 5.74) is 0. The average Bonchev–Trinajstić information content (AvgIpc) is 2.47. The number of para-hydroxylation sites is 1. The van der Waals surface area contributed by atoms with Gasteiger partial charge in [0.1, 0.15) is 6.61 Å². The molecule has 4 nitrogen and oxygen atoms in total. The van der Waals surface area contributed by atoms with Crippen LogP contribution in [0, 0.1) is 0 Å². The first kappa shape index (κ1) is 17.3. The van der Waals surface area contributed by atoms with Crippen molar-refractivity contribution >= 4 is 15.9 Å². The molecule has 0 amide bonds. The van der Waals surface area contributed by atoms with Crippen LogP contribution >= 0.6 is 15.9 Å². The first-order valence-electron chi connectivity index (χ1n) is 7.11. The van der Waals surface area contributed by atoms with Crippen molar-refractivity contribution in [3.05, 3.63) is 22.7 Å². The molecule has 114 valence electrons. The lowest BCUT2D eigenvalue weighted by molar-refractivity contribution is 0.276. The molecule has 0 aliphatic rings. The summed E-state index contributed by atoms with van der Waals surface area (Å²) in [5, 5.41) is 3.39. The number of rotatable bonds is 10. The van der Waals surface area contributed by atoms with Crippen LogP contribution in [-0.4, -0.2) is 51.3 Å². The van der Waals surface area contributed by atoms with Crippen LogP contribution in [0.5, 0.6) is 11.5 Å². The Bertz CT molecular complexity index is 384. The highest BCUT2D eigenvalue weighted by Gasteiger charge is 2.07. The van der Waals surface area contributed by atoms with Crippen molar-refractivity contribution in [2.24, 2.45) is 0 Å². The van der Waals surface area contributed by atoms with Crippen LogP contribution in [0.3, 0.4) is 0 Å². The van der Waals surface area contributed by atoms with Crippen LogP contribution in [-0.2, 0) is 0 Å². The van der Waals surface area contributed by atoms with Gasteiger partial charge in [0.25, 0.3) is 0 Å². The molecule has 0 aliphatic carbocycles. The summed E-state index contributed by atoms with van der Waals surface area (Å²) in [5.74, 6) is 1.52. The zero-order valence-electron chi connectivity index (χ0n) is 12.6. The van der Waals surface area contributed by atoms with E-state index < -0.39 is 0 Å². The number of likely N-dealkylation sites (N-methyl/N-ethyl adjacent to an activating group) is 1. The quantitative estimate of drug-likeness (QED) is 0.661. The van der Waals surface area contributed by atoms with Gasteiger partial charge in [0.15, 0.2) is 11.5 Å². The van der Waals surface area contributed by atoms with E-state index in [-0.39, 0.29) is 0 Å². The molecule has 0 radical (unpaired) electrons. The SMILES string of the molecule is CCN(CC)CCNCCOc1c(Br)cccc1OC. The van der Waals surface area contributed by atoms with E-state index >= 15 is 0 Å². The van der Waals surface area contributed by atoms with Crippen molar-refractivity contribution < 1.29 is 9.47 Å². The topological polar surface area (TPSA) is 33.7 Å². The van der Waals surface area contributed by atoms with Crippen LogP contribution in [0.4, 0.5) is 0 Å². The van der Waals surface area contributed by atoms with E-state index in [4.69, 9.17) is 9.47 Å². The Morgan fingerprint density at radius 1 is 1.20 bits per heavy atom. The molecule has 0 heterocycles. The fourth-order valence-electron chi connectivity index (χ4n) is 1.92. The standard InChI is InChI=1S/C15H25BrN2O2/c1-4-18(5-2)11-9-17-10-12-20-15-13(16)7-6-8-14(15)19-3/h6-8,17H,4-5,9-12H2,1-3H3. The number of halogens is 1. The summed E-state index contributed by atoms with van der Waals surface area (Å²) in [6.07, 6.45) is 0. The summed E-state index contributed by atoms with van der Waals surface area (Å²) in [4.78, 5) is 2.39. The van der Waals surface area contributed by atoms with E-state index in [1.807, 2.05) is 18.2 Å². The van der Waals surface area contributed by atoms with Crippen LogP contribution in [0.15, 0.2) is 22.7 Å². The Morgan fingerprint density at radius 2 is 1.95 bits per heavy atom. The first-order valence-corrected chi connectivity index (χ1v) is 7.90. The molecule has 0 aliphatic heterocycles. The molecule has 1 aromatic carbocycles. The molecule has 0 atom stereocenters. The highest BCUT2D eigenvalue weighted by atomic mass is 79.9. The molecular weight excluding hydrogens is 320 g/mol. The van der Waals surface area contributed by atoms with Crippen LogP contribution in [0.2, 0.25) is 0 Å². The maximum atomic E-state index is 5.77. The fraction of sp³-hybridized carbons (Fsp3) is 0.600. The molecule has 20 heavy (non-hydrogen) atoms. The van der Waals surface area contributed by atoms with Gasteiger partial charge in [-0.2, -0.15) is 0 Å². The van der Waals surface area contributed by atoms with E-state index in [0.29, 0.717) is 6.61 Å². The number of hydrogen-bond acceptors (Lipinski definition) is 4. The summed E-state index contributed by atoms with van der Waals surface area (Å²) in [6.45, 7) is 10.1. The van der Waals surface area contributed by atoms with Gasteiger partial charge in [-0.3, -0.25) is 0 Å². The van der Waals surface area contributed by atoms with Gasteiger partial charge in [0, 0.05) is 19.6 Å². The molecular formula is C15H25BrN2O2. The van der Waals surface area contributed by atoms with Crippen molar-refractivity contribution in [2.75, 3.05) is 46.4 Å². The Hall–Kier alpha value is -0.780. The predicted molar refractivity (Wildman–Crippen MR) is 86.8 cm³/mol. The summed E-state index contributed by atoms with van der Waals surface area (Å²) in [7, 11) is 1.65. The molecule has 0 saturated carbocycles. The number of methoxy groups -OCH3 is 1. The molecule has 5 heteroatoms. The van der Waals surface area contributed by atoms with Gasteiger partial charge in [0.05, 0.1) is 11.6 Å². The Kier molecular flexibility index (Phi) is 8.65. The van der Waals surface area contributed by atoms with Crippen LogP contribution < -0.4 is 14.8 Å². The van der Waals surface area contributed by atoms with Gasteiger partial charge in [-0.25, -0.2) is 0 Å². The second kappa shape index (κ2) is 10.0. The summed E-state index contributed by atoms with van der Waals surface area (Å²) >= 11 is 3.48. The number of nitrogens with zero attached hydrogens (tertiary/aromatic N) is 1. The van der Waals surface area contributed by atoms with Gasteiger partial charge in [-0.05, 0) is 41.2 Å². The normalized spacial score (nSPS) is 10.8. The smallest absolute Gasteiger partial charge is 0.175 e. The predicted octanol–water partition coefficient (Wildman–Crippen LogP) is 2.77. The lowest BCUT2D eigenvalue weighted by Crippen LogP contribution is -2.33. The average molecular weight is 345 g/mol. The Balaban J connectivity index is 2.25. The third-order valence-electron chi connectivity index (χ3n) is 3.18. The molecule has 0 aromatic heterocycles. The van der Waals surface area contributed by atoms with E-state index in [1.54, 1.807) is 7.11 Å². The van der Waals surface area contributed by atoms with Crippen LogP contribution in [0.25, 0.3) is 0 Å². The minimum Gasteiger partial charge on any atom is -0.493 e. The molecule has 0 saturated heterocycles. The first-order chi connectivity index (χ1) is 9.72. The summed E-state index contributed by atoms with van der Waals surface area (Å²) < 4.78 is 12.0. The summed E-state index contributed by atoms with van der Waals surface area (Å²) in [6, 6.07) is 5.78. The highest BCUT2D eigenvalue weighted by Crippen LogP contribution is 2.34. The maximum Gasteiger partial charge on any atom is 0.175 e. The lowest BCUT2D eigenvalue weighted by Gasteiger charge is -2.18. The Labute approximate surface area is 130 Å². The second-order valence-electron chi connectivity index (χ2n) is 4.40. The number of benzene rings is 1.